The second-order valence-corrected chi connectivity index (χ2v) is 10.5. The lowest BCUT2D eigenvalue weighted by Crippen LogP contribution is -2.55. The van der Waals surface area contributed by atoms with Gasteiger partial charge in [0, 0.05) is 13.0 Å². The molecule has 3 atom stereocenters. The lowest BCUT2D eigenvalue weighted by atomic mass is 10.0. The monoisotopic (exact) mass is 575 g/mol. The first kappa shape index (κ1) is 30.3. The highest BCUT2D eigenvalue weighted by atomic mass is 16.5. The van der Waals surface area contributed by atoms with Crippen LogP contribution in [-0.4, -0.2) is 54.4 Å². The number of nitrogens with one attached hydrogen (secondary N) is 4. The number of amides is 4. The van der Waals surface area contributed by atoms with Gasteiger partial charge in [-0.25, -0.2) is 4.98 Å². The molecule has 0 radical (unpaired) electrons. The van der Waals surface area contributed by atoms with Gasteiger partial charge in [-0.15, -0.1) is 0 Å². The summed E-state index contributed by atoms with van der Waals surface area (Å²) < 4.78 is 10.9. The molecule has 0 saturated heterocycles. The van der Waals surface area contributed by atoms with Crippen LogP contribution >= 0.6 is 0 Å². The quantitative estimate of drug-likeness (QED) is 0.353. The summed E-state index contributed by atoms with van der Waals surface area (Å²) in [4.78, 5) is 57.6. The molecule has 222 valence electrons. The van der Waals surface area contributed by atoms with Crippen molar-refractivity contribution in [2.75, 3.05) is 13.7 Å². The highest BCUT2D eigenvalue weighted by Crippen LogP contribution is 2.22. The minimum Gasteiger partial charge on any atom is -0.496 e. The van der Waals surface area contributed by atoms with Crippen LogP contribution in [0.5, 0.6) is 5.75 Å². The molecular formula is C31H37N5O6. The van der Waals surface area contributed by atoms with E-state index in [4.69, 9.17) is 9.15 Å². The Bertz CT molecular complexity index is 1390. The summed E-state index contributed by atoms with van der Waals surface area (Å²) in [6.07, 6.45) is 2.84. The lowest BCUT2D eigenvalue weighted by molar-refractivity contribution is -0.130. The van der Waals surface area contributed by atoms with Crippen molar-refractivity contribution in [3.8, 4) is 5.75 Å². The van der Waals surface area contributed by atoms with Crippen molar-refractivity contribution in [1.82, 2.24) is 26.3 Å². The molecule has 0 aliphatic carbocycles. The summed E-state index contributed by atoms with van der Waals surface area (Å²) in [7, 11) is 1.47. The normalized spacial score (nSPS) is 20.3. The van der Waals surface area contributed by atoms with E-state index in [1.807, 2.05) is 44.2 Å². The summed E-state index contributed by atoms with van der Waals surface area (Å²) in [6.45, 7) is 4.12. The van der Waals surface area contributed by atoms with Gasteiger partial charge in [-0.1, -0.05) is 56.3 Å². The Kier molecular flexibility index (Phi) is 10.3. The number of nitrogens with zero attached hydrogens (tertiary/aromatic N) is 1. The van der Waals surface area contributed by atoms with Crippen molar-refractivity contribution in [3.63, 3.8) is 0 Å². The van der Waals surface area contributed by atoms with Crippen LogP contribution in [0.25, 0.3) is 0 Å². The van der Waals surface area contributed by atoms with E-state index >= 15 is 0 Å². The maximum atomic E-state index is 13.7. The maximum Gasteiger partial charge on any atom is 0.273 e. The molecule has 1 aliphatic heterocycles. The van der Waals surface area contributed by atoms with Crippen LogP contribution in [0.2, 0.25) is 0 Å². The molecule has 0 saturated carbocycles. The van der Waals surface area contributed by atoms with Crippen LogP contribution in [0.15, 0.2) is 65.3 Å². The molecule has 1 aliphatic rings. The van der Waals surface area contributed by atoms with Gasteiger partial charge in [-0.2, -0.15) is 0 Å². The van der Waals surface area contributed by atoms with E-state index in [0.29, 0.717) is 25.1 Å². The van der Waals surface area contributed by atoms with E-state index in [1.54, 1.807) is 24.3 Å². The van der Waals surface area contributed by atoms with Crippen LogP contribution in [0, 0.1) is 5.92 Å². The number of para-hydroxylation sites is 1. The standard InChI is InChI=1S/C31H37N5O6/c1-19(2)26-31-35-24(18-42-31)28(38)32-16-10-9-14-22(33-27(37)21-13-7-8-15-25(21)41-3)29(39)34-23(30(40)36-26)17-20-11-5-4-6-12-20/h4-8,11-13,15,18-19,22-23,26H,9-10,14,16-17H2,1-3H3,(H,32,38)(H,33,37)(H,34,39)(H,36,40)/t22-,23-,26-/m0/s1. The van der Waals surface area contributed by atoms with Crippen LogP contribution in [0.4, 0.5) is 0 Å². The molecule has 11 heteroatoms. The smallest absolute Gasteiger partial charge is 0.273 e. The number of rotatable bonds is 6. The van der Waals surface area contributed by atoms with Crippen molar-refractivity contribution in [2.24, 2.45) is 5.92 Å². The number of ether oxygens (including phenoxy) is 1. The number of benzene rings is 2. The SMILES string of the molecule is COc1ccccc1C(=O)N[C@H]1CCCCNC(=O)c2coc(n2)[C@H](C(C)C)NC(=O)[C@H](Cc2ccccc2)NC1=O. The molecule has 0 fully saturated rings. The Morgan fingerprint density at radius 1 is 1.02 bits per heavy atom. The average molecular weight is 576 g/mol. The Labute approximate surface area is 244 Å². The van der Waals surface area contributed by atoms with E-state index < -0.39 is 41.8 Å². The van der Waals surface area contributed by atoms with E-state index in [9.17, 15) is 19.2 Å². The molecule has 2 aromatic carbocycles. The van der Waals surface area contributed by atoms with Gasteiger partial charge in [-0.3, -0.25) is 19.2 Å². The van der Waals surface area contributed by atoms with Crippen LogP contribution < -0.4 is 26.0 Å². The molecule has 4 N–H and O–H groups in total. The first-order valence-electron chi connectivity index (χ1n) is 14.1. The number of fused-ring (bicyclic) bond motifs is 2. The van der Waals surface area contributed by atoms with Gasteiger partial charge >= 0.3 is 0 Å². The number of carbonyl (C=O) groups excluding carboxylic acids is 4. The fourth-order valence-corrected chi connectivity index (χ4v) is 4.74. The topological polar surface area (TPSA) is 152 Å². The number of hydrogen-bond acceptors (Lipinski definition) is 7. The van der Waals surface area contributed by atoms with E-state index in [1.165, 1.54) is 13.4 Å². The second kappa shape index (κ2) is 14.3. The summed E-state index contributed by atoms with van der Waals surface area (Å²) in [5, 5.41) is 11.5. The van der Waals surface area contributed by atoms with E-state index in [-0.39, 0.29) is 35.9 Å². The van der Waals surface area contributed by atoms with Gasteiger partial charge in [0.2, 0.25) is 17.7 Å². The summed E-state index contributed by atoms with van der Waals surface area (Å²) in [5.41, 5.74) is 1.25. The molecule has 0 spiro atoms. The molecule has 3 aromatic rings. The third kappa shape index (κ3) is 7.74. The molecule has 2 heterocycles. The second-order valence-electron chi connectivity index (χ2n) is 10.5. The lowest BCUT2D eigenvalue weighted by Gasteiger charge is -2.26. The van der Waals surface area contributed by atoms with Crippen molar-refractivity contribution < 1.29 is 28.3 Å². The zero-order valence-electron chi connectivity index (χ0n) is 24.0. The Morgan fingerprint density at radius 2 is 1.76 bits per heavy atom. The predicted octanol–water partition coefficient (Wildman–Crippen LogP) is 2.94. The summed E-state index contributed by atoms with van der Waals surface area (Å²) in [5.74, 6) is -1.38. The zero-order chi connectivity index (χ0) is 30.1. The van der Waals surface area contributed by atoms with Crippen molar-refractivity contribution in [2.45, 2.75) is 57.7 Å². The van der Waals surface area contributed by atoms with Crippen LogP contribution in [0.1, 0.15) is 71.5 Å². The first-order valence-corrected chi connectivity index (χ1v) is 14.1. The van der Waals surface area contributed by atoms with Crippen molar-refractivity contribution in [1.29, 1.82) is 0 Å². The minimum absolute atomic E-state index is 0.119. The first-order chi connectivity index (χ1) is 20.3. The fourth-order valence-electron chi connectivity index (χ4n) is 4.74. The number of oxazole rings is 1. The van der Waals surface area contributed by atoms with Gasteiger partial charge in [0.25, 0.3) is 11.8 Å². The highest BCUT2D eigenvalue weighted by Gasteiger charge is 2.31. The Morgan fingerprint density at radius 3 is 2.50 bits per heavy atom. The van der Waals surface area contributed by atoms with Gasteiger partial charge in [-0.05, 0) is 42.9 Å². The molecule has 2 bridgehead atoms. The third-order valence-corrected chi connectivity index (χ3v) is 7.08. The third-order valence-electron chi connectivity index (χ3n) is 7.08. The summed E-state index contributed by atoms with van der Waals surface area (Å²) >= 11 is 0. The fraction of sp³-hybridized carbons (Fsp3) is 0.387. The summed E-state index contributed by atoms with van der Waals surface area (Å²) in [6, 6.07) is 13.5. The van der Waals surface area contributed by atoms with Crippen molar-refractivity contribution >= 4 is 23.6 Å². The predicted molar refractivity (Wildman–Crippen MR) is 155 cm³/mol. The van der Waals surface area contributed by atoms with Crippen molar-refractivity contribution in [3.05, 3.63) is 83.6 Å². The molecule has 0 unspecified atom stereocenters. The zero-order valence-corrected chi connectivity index (χ0v) is 24.0. The number of aromatic nitrogens is 1. The molecular weight excluding hydrogens is 538 g/mol. The van der Waals surface area contributed by atoms with E-state index in [2.05, 4.69) is 26.3 Å². The largest absolute Gasteiger partial charge is 0.496 e. The van der Waals surface area contributed by atoms with Gasteiger partial charge in [0.1, 0.15) is 30.1 Å². The highest BCUT2D eigenvalue weighted by molar-refractivity contribution is 6.00. The Balaban J connectivity index is 1.64. The molecule has 1 aromatic heterocycles. The van der Waals surface area contributed by atoms with Gasteiger partial charge in [0.15, 0.2) is 5.69 Å². The number of carbonyl (C=O) groups is 4. The average Bonchev–Trinajstić information content (AvgIpc) is 3.48. The molecule has 11 nitrogen and oxygen atoms in total. The molecule has 4 amide bonds. The minimum atomic E-state index is -0.961. The van der Waals surface area contributed by atoms with Crippen LogP contribution in [-0.2, 0) is 16.0 Å². The maximum absolute atomic E-state index is 13.7. The number of methoxy groups -OCH3 is 1. The molecule has 42 heavy (non-hydrogen) atoms. The van der Waals surface area contributed by atoms with Gasteiger partial charge < -0.3 is 30.4 Å². The Hall–Kier alpha value is -4.67. The van der Waals surface area contributed by atoms with Gasteiger partial charge in [0.05, 0.1) is 12.7 Å². The van der Waals surface area contributed by atoms with Crippen LogP contribution in [0.3, 0.4) is 0 Å². The van der Waals surface area contributed by atoms with E-state index in [0.717, 1.165) is 5.56 Å². The number of hydrogen-bond donors (Lipinski definition) is 4. The molecule has 4 rings (SSSR count).